The van der Waals surface area contributed by atoms with Crippen molar-refractivity contribution >= 4 is 0 Å². The minimum absolute atomic E-state index is 0.125. The second-order valence-corrected chi connectivity index (χ2v) is 9.88. The topological polar surface area (TPSA) is 193 Å². The molecule has 0 aromatic carbocycles. The lowest BCUT2D eigenvalue weighted by Crippen LogP contribution is -2.63. The molecule has 2 aliphatic carbocycles. The first-order valence-corrected chi connectivity index (χ1v) is 11.6. The second kappa shape index (κ2) is 10.0. The molecule has 9 unspecified atom stereocenters. The van der Waals surface area contributed by atoms with Crippen LogP contribution in [0.4, 0.5) is 0 Å². The molecule has 4 fully saturated rings. The van der Waals surface area contributed by atoms with E-state index in [-0.39, 0.29) is 24.4 Å². The van der Waals surface area contributed by atoms with Gasteiger partial charge in [-0.15, -0.1) is 0 Å². The average molecular weight is 466 g/mol. The Morgan fingerprint density at radius 1 is 0.781 bits per heavy atom. The quantitative estimate of drug-likeness (QED) is 0.193. The molecule has 9 N–H and O–H groups in total. The van der Waals surface area contributed by atoms with Gasteiger partial charge in [0, 0.05) is 18.8 Å². The lowest BCUT2D eigenvalue weighted by molar-refractivity contribution is -0.356. The fourth-order valence-corrected chi connectivity index (χ4v) is 5.86. The van der Waals surface area contributed by atoms with E-state index < -0.39 is 73.9 Å². The van der Waals surface area contributed by atoms with Crippen LogP contribution < -0.4 is 0 Å². The molecule has 0 spiro atoms. The molecular formula is C21H37O11+. The van der Waals surface area contributed by atoms with E-state index >= 15 is 0 Å². The number of ether oxygens (including phenoxy) is 3. The van der Waals surface area contributed by atoms with Crippen molar-refractivity contribution in [3.63, 3.8) is 0 Å². The zero-order chi connectivity index (χ0) is 23.2. The van der Waals surface area contributed by atoms with Gasteiger partial charge in [0.2, 0.25) is 0 Å². The van der Waals surface area contributed by atoms with Gasteiger partial charge < -0.3 is 55.1 Å². The maximum absolute atomic E-state index is 10.5. The molecule has 11 nitrogen and oxygen atoms in total. The zero-order valence-electron chi connectivity index (χ0n) is 17.9. The van der Waals surface area contributed by atoms with Gasteiger partial charge >= 0.3 is 0 Å². The Bertz CT molecular complexity index is 621. The van der Waals surface area contributed by atoms with Crippen molar-refractivity contribution in [2.45, 2.75) is 112 Å². The Hall–Kier alpha value is -0.440. The standard InChI is InChI=1S/C21H36O11/c22-7-16-17(27)18(28)19(29)21(32-16)31-15-6-10-12(25)4-9(23)5-14(10)30-20(15)8-1-2-11(24)13(26)3-8/h8-29H,1-7H2/p+1/t8?,9?,10?,11?,12?,13?,14?,15?,16-,17+,18+,19-,20?,21+/m1/s1. The lowest BCUT2D eigenvalue weighted by Gasteiger charge is -2.48. The van der Waals surface area contributed by atoms with Crippen molar-refractivity contribution in [3.8, 4) is 0 Å². The van der Waals surface area contributed by atoms with Gasteiger partial charge in [-0.25, -0.2) is 0 Å². The highest BCUT2D eigenvalue weighted by Gasteiger charge is 2.54. The molecule has 4 aliphatic rings. The maximum atomic E-state index is 10.5. The Kier molecular flexibility index (Phi) is 7.75. The predicted molar refractivity (Wildman–Crippen MR) is 107 cm³/mol. The van der Waals surface area contributed by atoms with Crippen molar-refractivity contribution < 1.29 is 55.1 Å². The van der Waals surface area contributed by atoms with Gasteiger partial charge in [-0.1, -0.05) is 0 Å². The van der Waals surface area contributed by atoms with Gasteiger partial charge in [-0.3, -0.25) is 0 Å². The van der Waals surface area contributed by atoms with E-state index in [0.29, 0.717) is 32.1 Å². The first-order chi connectivity index (χ1) is 15.2. The van der Waals surface area contributed by atoms with Crippen LogP contribution in [0.1, 0.15) is 38.5 Å². The summed E-state index contributed by atoms with van der Waals surface area (Å²) >= 11 is 0. The van der Waals surface area contributed by atoms with Gasteiger partial charge in [-0.05, 0) is 25.7 Å². The van der Waals surface area contributed by atoms with Crippen LogP contribution in [0.25, 0.3) is 0 Å². The summed E-state index contributed by atoms with van der Waals surface area (Å²) in [4.78, 5) is 0. The number of aliphatic hydroxyl groups is 10. The van der Waals surface area contributed by atoms with Crippen LogP contribution in [0.5, 0.6) is 0 Å². The number of aliphatic hydroxyl groups excluding tert-OH is 8. The van der Waals surface area contributed by atoms with Crippen molar-refractivity contribution in [2.24, 2.45) is 11.8 Å². The fraction of sp³-hybridized carbons (Fsp3) is 1.00. The van der Waals surface area contributed by atoms with Crippen LogP contribution in [-0.2, 0) is 9.47 Å². The van der Waals surface area contributed by atoms with Crippen LogP contribution in [0, 0.1) is 11.8 Å². The molecule has 0 radical (unpaired) electrons. The van der Waals surface area contributed by atoms with E-state index in [9.17, 15) is 40.9 Å². The van der Waals surface area contributed by atoms with E-state index in [1.54, 1.807) is 0 Å². The van der Waals surface area contributed by atoms with E-state index in [4.69, 9.17) is 14.2 Å². The van der Waals surface area contributed by atoms with Crippen LogP contribution >= 0.6 is 0 Å². The van der Waals surface area contributed by atoms with Crippen LogP contribution in [0.3, 0.4) is 0 Å². The van der Waals surface area contributed by atoms with E-state index in [0.717, 1.165) is 0 Å². The van der Waals surface area contributed by atoms with Crippen LogP contribution in [-0.4, -0.2) is 126 Å². The molecular weight excluding hydrogens is 428 g/mol. The van der Waals surface area contributed by atoms with Crippen molar-refractivity contribution in [1.82, 2.24) is 0 Å². The van der Waals surface area contributed by atoms with Gasteiger partial charge in [0.1, 0.15) is 30.5 Å². The zero-order valence-corrected chi connectivity index (χ0v) is 17.9. The average Bonchev–Trinajstić information content (AvgIpc) is 2.76. The molecule has 0 aromatic rings. The monoisotopic (exact) mass is 465 g/mol. The Morgan fingerprint density at radius 3 is 2.22 bits per heavy atom. The highest BCUT2D eigenvalue weighted by Crippen LogP contribution is 2.42. The molecule has 0 amide bonds. The van der Waals surface area contributed by atoms with Crippen LogP contribution in [0.15, 0.2) is 0 Å². The van der Waals surface area contributed by atoms with Crippen molar-refractivity contribution in [2.75, 3.05) is 6.61 Å². The maximum Gasteiger partial charge on any atom is 0.187 e. The molecule has 0 bridgehead atoms. The van der Waals surface area contributed by atoms with Crippen molar-refractivity contribution in [3.05, 3.63) is 0 Å². The summed E-state index contributed by atoms with van der Waals surface area (Å²) in [5.74, 6) is -0.385. The van der Waals surface area contributed by atoms with Crippen molar-refractivity contribution in [1.29, 1.82) is 0 Å². The number of rotatable bonds is 4. The summed E-state index contributed by atoms with van der Waals surface area (Å²) in [6, 6.07) is 0. The Balaban J connectivity index is 1.54. The lowest BCUT2D eigenvalue weighted by atomic mass is 9.72. The molecule has 11 heteroatoms. The molecule has 32 heavy (non-hydrogen) atoms. The smallest absolute Gasteiger partial charge is 0.187 e. The fourth-order valence-electron chi connectivity index (χ4n) is 5.86. The molecule has 0 aromatic heterocycles. The first-order valence-electron chi connectivity index (χ1n) is 11.6. The molecule has 2 saturated heterocycles. The van der Waals surface area contributed by atoms with E-state index in [2.05, 4.69) is 0 Å². The summed E-state index contributed by atoms with van der Waals surface area (Å²) in [6.45, 7) is -0.572. The van der Waals surface area contributed by atoms with Gasteiger partial charge in [0.25, 0.3) is 0 Å². The SMILES string of the molecule is OC[C@H]1O[C@H](OC2CC3C(O)CC(O)CC3[OH+]C2C2CCC(O)C(O)C2)[C@H](O)[C@@H](O)[C@H]1O. The largest absolute Gasteiger partial charge is 0.427 e. The molecule has 2 heterocycles. The number of fused-ring (bicyclic) bond motifs is 1. The Labute approximate surface area is 186 Å². The molecule has 2 aliphatic heterocycles. The third kappa shape index (κ3) is 4.84. The number of hydrogen-bond donors (Lipinski definition) is 8. The van der Waals surface area contributed by atoms with Gasteiger partial charge in [-0.2, -0.15) is 0 Å². The summed E-state index contributed by atoms with van der Waals surface area (Å²) in [5.41, 5.74) is 0. The summed E-state index contributed by atoms with van der Waals surface area (Å²) in [6.07, 6.45) is -9.17. The highest BCUT2D eigenvalue weighted by molar-refractivity contribution is 4.98. The third-order valence-electron chi connectivity index (χ3n) is 7.73. The number of hydrogen-bond acceptors (Lipinski definition) is 10. The molecule has 186 valence electrons. The minimum atomic E-state index is -1.57. The predicted octanol–water partition coefficient (Wildman–Crippen LogP) is -3.51. The minimum Gasteiger partial charge on any atom is -0.427 e. The third-order valence-corrected chi connectivity index (χ3v) is 7.73. The van der Waals surface area contributed by atoms with E-state index in [1.807, 2.05) is 0 Å². The van der Waals surface area contributed by atoms with Gasteiger partial charge in [0.15, 0.2) is 18.5 Å². The normalized spacial score (nSPS) is 54.8. The Morgan fingerprint density at radius 2 is 1.53 bits per heavy atom. The molecule has 14 atom stereocenters. The summed E-state index contributed by atoms with van der Waals surface area (Å²) < 4.78 is 16.5. The highest BCUT2D eigenvalue weighted by atomic mass is 16.7. The van der Waals surface area contributed by atoms with Gasteiger partial charge in [0.05, 0.1) is 36.9 Å². The summed E-state index contributed by atoms with van der Waals surface area (Å²) in [7, 11) is 0. The molecule has 4 rings (SSSR count). The van der Waals surface area contributed by atoms with Crippen LogP contribution in [0.2, 0.25) is 0 Å². The first kappa shape index (κ1) is 24.7. The summed E-state index contributed by atoms with van der Waals surface area (Å²) in [5, 5.41) is 80.8. The molecule has 2 saturated carbocycles. The second-order valence-electron chi connectivity index (χ2n) is 9.88. The van der Waals surface area contributed by atoms with E-state index in [1.165, 1.54) is 0 Å².